The van der Waals surface area contributed by atoms with Crippen molar-refractivity contribution in [3.05, 3.63) is 21.1 Å². The van der Waals surface area contributed by atoms with Crippen LogP contribution < -0.4 is 4.90 Å². The van der Waals surface area contributed by atoms with E-state index in [9.17, 15) is 10.1 Å². The summed E-state index contributed by atoms with van der Waals surface area (Å²) in [5.74, 6) is 0.284. The molecule has 0 aliphatic carbocycles. The fourth-order valence-electron chi connectivity index (χ4n) is 1.99. The third-order valence-electron chi connectivity index (χ3n) is 3.02. The summed E-state index contributed by atoms with van der Waals surface area (Å²) in [4.78, 5) is 20.3. The molecule has 0 aromatic carbocycles. The summed E-state index contributed by atoms with van der Waals surface area (Å²) < 4.78 is 0. The normalized spacial score (nSPS) is 10.8. The summed E-state index contributed by atoms with van der Waals surface area (Å²) in [6, 6.07) is 0.189. The summed E-state index contributed by atoms with van der Waals surface area (Å²) in [5, 5.41) is 11.1. The number of rotatable bonds is 5. The lowest BCUT2D eigenvalue weighted by atomic mass is 10.1. The van der Waals surface area contributed by atoms with E-state index in [1.54, 1.807) is 18.9 Å². The Kier molecular flexibility index (Phi) is 4.84. The van der Waals surface area contributed by atoms with E-state index >= 15 is 0 Å². The van der Waals surface area contributed by atoms with Crippen molar-refractivity contribution >= 4 is 23.1 Å². The van der Waals surface area contributed by atoms with Gasteiger partial charge in [-0.2, -0.15) is 4.98 Å². The number of hydrogen-bond donors (Lipinski definition) is 0. The van der Waals surface area contributed by atoms with E-state index in [1.807, 2.05) is 13.8 Å². The number of aromatic nitrogens is 2. The zero-order chi connectivity index (χ0) is 13.9. The molecular formula is C11H17ClN4O2. The summed E-state index contributed by atoms with van der Waals surface area (Å²) in [6.45, 7) is 5.63. The van der Waals surface area contributed by atoms with Gasteiger partial charge in [-0.3, -0.25) is 10.1 Å². The van der Waals surface area contributed by atoms with Gasteiger partial charge in [0.15, 0.2) is 0 Å². The lowest BCUT2D eigenvalue weighted by molar-refractivity contribution is -0.385. The summed E-state index contributed by atoms with van der Waals surface area (Å²) in [6.07, 6.45) is 1.76. The molecule has 100 valence electrons. The Morgan fingerprint density at radius 2 is 1.94 bits per heavy atom. The Morgan fingerprint density at radius 3 is 2.39 bits per heavy atom. The van der Waals surface area contributed by atoms with E-state index in [-0.39, 0.29) is 28.5 Å². The van der Waals surface area contributed by atoms with Gasteiger partial charge >= 0.3 is 5.69 Å². The highest BCUT2D eigenvalue weighted by Gasteiger charge is 2.26. The minimum absolute atomic E-state index is 0.0332. The van der Waals surface area contributed by atoms with Crippen LogP contribution in [0.1, 0.15) is 32.4 Å². The van der Waals surface area contributed by atoms with Crippen molar-refractivity contribution in [2.45, 2.75) is 39.7 Å². The van der Waals surface area contributed by atoms with Gasteiger partial charge in [0.1, 0.15) is 5.69 Å². The number of anilines is 1. The first kappa shape index (κ1) is 14.6. The van der Waals surface area contributed by atoms with Crippen LogP contribution in [0.2, 0.25) is 5.28 Å². The van der Waals surface area contributed by atoms with Gasteiger partial charge in [-0.25, -0.2) is 4.98 Å². The maximum Gasteiger partial charge on any atom is 0.332 e. The van der Waals surface area contributed by atoms with Gasteiger partial charge in [-0.1, -0.05) is 13.8 Å². The minimum Gasteiger partial charge on any atom is -0.351 e. The Balaban J connectivity index is 3.33. The van der Waals surface area contributed by atoms with Gasteiger partial charge < -0.3 is 4.90 Å². The van der Waals surface area contributed by atoms with Crippen LogP contribution in [0.25, 0.3) is 0 Å². The fourth-order valence-corrected chi connectivity index (χ4v) is 2.19. The highest BCUT2D eigenvalue weighted by Crippen LogP contribution is 2.31. The second kappa shape index (κ2) is 5.95. The quantitative estimate of drug-likeness (QED) is 0.468. The van der Waals surface area contributed by atoms with Gasteiger partial charge in [0.05, 0.1) is 4.92 Å². The van der Waals surface area contributed by atoms with Crippen LogP contribution >= 0.6 is 11.6 Å². The van der Waals surface area contributed by atoms with E-state index < -0.39 is 4.92 Å². The molecule has 0 spiro atoms. The first-order chi connectivity index (χ1) is 8.42. The average Bonchev–Trinajstić information content (AvgIpc) is 2.28. The van der Waals surface area contributed by atoms with Crippen molar-refractivity contribution in [3.63, 3.8) is 0 Å². The molecule has 0 aliphatic rings. The van der Waals surface area contributed by atoms with E-state index in [2.05, 4.69) is 9.97 Å². The van der Waals surface area contributed by atoms with Gasteiger partial charge in [0.2, 0.25) is 11.1 Å². The van der Waals surface area contributed by atoms with Crippen LogP contribution in [-0.2, 0) is 0 Å². The predicted molar refractivity (Wildman–Crippen MR) is 71.2 cm³/mol. The topological polar surface area (TPSA) is 72.2 Å². The molecule has 1 rings (SSSR count). The molecule has 0 atom stereocenters. The Morgan fingerprint density at radius 1 is 1.39 bits per heavy atom. The molecule has 1 heterocycles. The number of nitro groups is 1. The van der Waals surface area contributed by atoms with Crippen LogP contribution in [0.3, 0.4) is 0 Å². The van der Waals surface area contributed by atoms with Gasteiger partial charge in [-0.15, -0.1) is 0 Å². The predicted octanol–water partition coefficient (Wildman–Crippen LogP) is 2.97. The van der Waals surface area contributed by atoms with E-state index in [4.69, 9.17) is 11.6 Å². The van der Waals surface area contributed by atoms with Gasteiger partial charge in [0, 0.05) is 13.1 Å². The maximum atomic E-state index is 11.1. The van der Waals surface area contributed by atoms with Crippen molar-refractivity contribution in [1.82, 2.24) is 9.97 Å². The first-order valence-corrected chi connectivity index (χ1v) is 6.21. The number of aryl methyl sites for hydroxylation is 1. The summed E-state index contributed by atoms with van der Waals surface area (Å²) in [5.41, 5.74) is 0.210. The summed E-state index contributed by atoms with van der Waals surface area (Å²) >= 11 is 5.79. The van der Waals surface area contributed by atoms with Crippen LogP contribution in [0, 0.1) is 17.0 Å². The lowest BCUT2D eigenvalue weighted by Gasteiger charge is -2.27. The molecule has 7 heteroatoms. The molecule has 0 N–H and O–H groups in total. The molecule has 0 saturated heterocycles. The highest BCUT2D eigenvalue weighted by atomic mass is 35.5. The summed E-state index contributed by atoms with van der Waals surface area (Å²) in [7, 11) is 1.79. The molecule has 1 aromatic rings. The maximum absolute atomic E-state index is 11.1. The van der Waals surface area contributed by atoms with Gasteiger partial charge in [-0.05, 0) is 31.4 Å². The SMILES string of the molecule is CCC(CC)N(C)c1nc(Cl)nc(C)c1[N+](=O)[O-]. The zero-order valence-corrected chi connectivity index (χ0v) is 11.7. The Labute approximate surface area is 111 Å². The number of halogens is 1. The molecule has 0 unspecified atom stereocenters. The molecule has 0 radical (unpaired) electrons. The smallest absolute Gasteiger partial charge is 0.332 e. The van der Waals surface area contributed by atoms with Crippen molar-refractivity contribution in [2.24, 2.45) is 0 Å². The van der Waals surface area contributed by atoms with Crippen LogP contribution in [0.5, 0.6) is 0 Å². The highest BCUT2D eigenvalue weighted by molar-refractivity contribution is 6.28. The van der Waals surface area contributed by atoms with Crippen molar-refractivity contribution < 1.29 is 4.92 Å². The largest absolute Gasteiger partial charge is 0.351 e. The second-order valence-electron chi connectivity index (χ2n) is 4.09. The molecule has 0 aliphatic heterocycles. The van der Waals surface area contributed by atoms with Gasteiger partial charge in [0.25, 0.3) is 0 Å². The molecule has 1 aromatic heterocycles. The second-order valence-corrected chi connectivity index (χ2v) is 4.43. The number of nitrogens with zero attached hydrogens (tertiary/aromatic N) is 4. The van der Waals surface area contributed by atoms with Crippen LogP contribution in [0.4, 0.5) is 11.5 Å². The van der Waals surface area contributed by atoms with Crippen LogP contribution in [-0.4, -0.2) is 28.0 Å². The molecule has 0 amide bonds. The number of hydrogen-bond acceptors (Lipinski definition) is 5. The van der Waals surface area contributed by atoms with Crippen LogP contribution in [0.15, 0.2) is 0 Å². The van der Waals surface area contributed by atoms with E-state index in [0.717, 1.165) is 12.8 Å². The average molecular weight is 273 g/mol. The molecule has 0 fully saturated rings. The molecular weight excluding hydrogens is 256 g/mol. The fraction of sp³-hybridized carbons (Fsp3) is 0.636. The molecule has 6 nitrogen and oxygen atoms in total. The Bertz CT molecular complexity index is 449. The minimum atomic E-state index is -0.458. The zero-order valence-electron chi connectivity index (χ0n) is 11.0. The standard InChI is InChI=1S/C11H17ClN4O2/c1-5-8(6-2)15(4)10-9(16(17)18)7(3)13-11(12)14-10/h8H,5-6H2,1-4H3. The first-order valence-electron chi connectivity index (χ1n) is 5.83. The lowest BCUT2D eigenvalue weighted by Crippen LogP contribution is -2.32. The molecule has 18 heavy (non-hydrogen) atoms. The monoisotopic (exact) mass is 272 g/mol. The van der Waals surface area contributed by atoms with Crippen molar-refractivity contribution in [1.29, 1.82) is 0 Å². The van der Waals surface area contributed by atoms with E-state index in [1.165, 1.54) is 0 Å². The third kappa shape index (κ3) is 2.87. The molecule has 0 bridgehead atoms. The van der Waals surface area contributed by atoms with Crippen molar-refractivity contribution in [2.75, 3.05) is 11.9 Å². The van der Waals surface area contributed by atoms with Crippen molar-refractivity contribution in [3.8, 4) is 0 Å². The van der Waals surface area contributed by atoms with E-state index in [0.29, 0.717) is 0 Å². The Hall–Kier alpha value is -1.43. The third-order valence-corrected chi connectivity index (χ3v) is 3.19. The molecule has 0 saturated carbocycles.